The molecule has 1 aliphatic heterocycles. The molecule has 1 aromatic heterocycles. The van der Waals surface area contributed by atoms with Crippen molar-refractivity contribution in [2.75, 3.05) is 13.6 Å². The average Bonchev–Trinajstić information content (AvgIpc) is 2.85. The normalized spacial score (nSPS) is 13.8. The Morgan fingerprint density at radius 1 is 1.31 bits per heavy atom. The molecule has 7 heteroatoms. The third-order valence-corrected chi connectivity index (χ3v) is 6.25. The van der Waals surface area contributed by atoms with Crippen LogP contribution < -0.4 is 31.9 Å². The summed E-state index contributed by atoms with van der Waals surface area (Å²) >= 11 is -0.856. The maximum atomic E-state index is 14.2. The van der Waals surface area contributed by atoms with E-state index in [4.69, 9.17) is 5.70 Å². The monoisotopic (exact) mass is 460 g/mol. The number of carbonyl (C=O) groups excluding carboxylic acids is 1. The van der Waals surface area contributed by atoms with Gasteiger partial charge in [0, 0.05) is 0 Å². The first-order chi connectivity index (χ1) is 12.6. The molecule has 2 radical (unpaired) electrons. The average molecular weight is 460 g/mol. The maximum absolute atomic E-state index is 14.2. The van der Waals surface area contributed by atoms with Gasteiger partial charge in [0.1, 0.15) is 0 Å². The van der Waals surface area contributed by atoms with Gasteiger partial charge in [-0.2, -0.15) is 0 Å². The van der Waals surface area contributed by atoms with E-state index < -0.39 is 27.1 Å². The molecule has 2 heterocycles. The topological polar surface area (TPSA) is 46.1 Å². The van der Waals surface area contributed by atoms with Crippen LogP contribution in [0.15, 0.2) is 36.4 Å². The van der Waals surface area contributed by atoms with Crippen LogP contribution in [0, 0.1) is 5.82 Å². The number of rotatable bonds is 4. The van der Waals surface area contributed by atoms with E-state index in [1.165, 1.54) is 17.7 Å². The van der Waals surface area contributed by atoms with Crippen molar-refractivity contribution in [1.29, 1.82) is 0 Å². The molecule has 0 saturated heterocycles. The van der Waals surface area contributed by atoms with Crippen molar-refractivity contribution in [1.82, 2.24) is 13.4 Å². The fourth-order valence-electron chi connectivity index (χ4n) is 3.61. The molecule has 0 atom stereocenters. The number of carbonyl (C=O) groups is 1. The molecule has 4 nitrogen and oxygen atoms in total. The Balaban J connectivity index is 2.01. The molecule has 2 aromatic carbocycles. The second-order valence-electron chi connectivity index (χ2n) is 6.29. The second kappa shape index (κ2) is 7.04. The molecule has 0 aliphatic carbocycles. The van der Waals surface area contributed by atoms with Crippen LogP contribution in [0.2, 0.25) is 0 Å². The third kappa shape index (κ3) is 2.83. The van der Waals surface area contributed by atoms with Crippen LogP contribution in [0.1, 0.15) is 21.5 Å². The zero-order valence-corrected chi connectivity index (χ0v) is 16.4. The molecule has 2 N–H and O–H groups in total. The van der Waals surface area contributed by atoms with E-state index in [2.05, 4.69) is 34.9 Å². The summed E-state index contributed by atoms with van der Waals surface area (Å²) in [7, 11) is 1.92. The summed E-state index contributed by atoms with van der Waals surface area (Å²) in [5.41, 5.74) is 11.6. The van der Waals surface area contributed by atoms with Gasteiger partial charge in [0.05, 0.1) is 0 Å². The zero-order valence-electron chi connectivity index (χ0n) is 14.3. The Kier molecular flexibility index (Phi) is 4.75. The molecule has 132 valence electrons. The van der Waals surface area contributed by atoms with Gasteiger partial charge in [0.2, 0.25) is 0 Å². The number of aromatic nitrogens is 1. The summed E-state index contributed by atoms with van der Waals surface area (Å²) in [5.74, 6) is -0.639. The van der Waals surface area contributed by atoms with Gasteiger partial charge >= 0.3 is 163 Å². The molecule has 0 spiro atoms. The Bertz CT molecular complexity index is 1000. The number of hydrogen-bond donors (Lipinski definition) is 2. The number of nitrogens with zero attached hydrogens (tertiary/aromatic N) is 1. The first kappa shape index (κ1) is 17.5. The van der Waals surface area contributed by atoms with Crippen LogP contribution >= 0.6 is 0 Å². The van der Waals surface area contributed by atoms with Gasteiger partial charge in [-0.15, -0.1) is 0 Å². The first-order valence-corrected chi connectivity index (χ1v) is 10.6. The Morgan fingerprint density at radius 2 is 2.08 bits per heavy atom. The molecule has 0 bridgehead atoms. The van der Waals surface area contributed by atoms with Crippen LogP contribution in [0.25, 0.3) is 22.2 Å². The summed E-state index contributed by atoms with van der Waals surface area (Å²) in [5, 5.41) is 6.83. The van der Waals surface area contributed by atoms with Gasteiger partial charge in [-0.05, 0) is 0 Å². The fourth-order valence-corrected chi connectivity index (χ4v) is 5.14. The van der Waals surface area contributed by atoms with Crippen LogP contribution in [0.4, 0.5) is 4.39 Å². The molecular weight excluding hydrogens is 443 g/mol. The predicted molar refractivity (Wildman–Crippen MR) is 97.3 cm³/mol. The molecule has 3 aromatic rings. The van der Waals surface area contributed by atoms with Crippen molar-refractivity contribution in [3.8, 4) is 11.3 Å². The van der Waals surface area contributed by atoms with Crippen molar-refractivity contribution in [2.24, 2.45) is 0 Å². The van der Waals surface area contributed by atoms with Crippen molar-refractivity contribution in [3.05, 3.63) is 58.9 Å². The molecule has 4 rings (SSSR count). The fraction of sp³-hybridized carbons (Fsp3) is 0.211. The van der Waals surface area contributed by atoms with Crippen molar-refractivity contribution >= 4 is 22.5 Å². The number of benzene rings is 2. The minimum atomic E-state index is -0.856. The minimum absolute atomic E-state index is 0.225. The van der Waals surface area contributed by atoms with Gasteiger partial charge in [0.25, 0.3) is 0 Å². The SMILES string of the molecule is [B][I-]n1c(-c2ccc(CNC)cc2)c2c3c(cc(F)cc31)C(=O)NCC2. The van der Waals surface area contributed by atoms with Crippen LogP contribution in [-0.2, 0) is 13.0 Å². The van der Waals surface area contributed by atoms with Crippen LogP contribution in [-0.4, -0.2) is 28.0 Å². The van der Waals surface area contributed by atoms with Crippen molar-refractivity contribution in [3.63, 3.8) is 0 Å². The summed E-state index contributed by atoms with van der Waals surface area (Å²) in [6.45, 7) is 1.33. The summed E-state index contributed by atoms with van der Waals surface area (Å²) in [6, 6.07) is 11.1. The second-order valence-corrected chi connectivity index (χ2v) is 7.81. The van der Waals surface area contributed by atoms with E-state index in [0.29, 0.717) is 18.5 Å². The van der Waals surface area contributed by atoms with E-state index in [9.17, 15) is 9.18 Å². The third-order valence-electron chi connectivity index (χ3n) is 4.69. The standard InChI is InChI=1S/C19H17BFIN3O/c1-23-10-11-2-4-12(5-3-11)18-14-6-7-24-19(26)15-8-13(21)9-16(17(14)15)25(18)22-20/h2-5,8-9,23H,6-7,10H2,1H3,(H,24,26)/q-1. The summed E-state index contributed by atoms with van der Waals surface area (Å²) in [4.78, 5) is 12.4. The first-order valence-electron chi connectivity index (χ1n) is 8.37. The van der Waals surface area contributed by atoms with Gasteiger partial charge in [0.15, 0.2) is 0 Å². The van der Waals surface area contributed by atoms with E-state index in [1.54, 1.807) is 0 Å². The molecule has 0 fully saturated rings. The molecular formula is C19H17BFIN3O-. The number of nitrogens with one attached hydrogen (secondary N) is 2. The summed E-state index contributed by atoms with van der Waals surface area (Å²) < 4.78 is 16.2. The summed E-state index contributed by atoms with van der Waals surface area (Å²) in [6.07, 6.45) is 0.700. The Morgan fingerprint density at radius 3 is 2.77 bits per heavy atom. The van der Waals surface area contributed by atoms with Gasteiger partial charge in [-0.25, -0.2) is 0 Å². The number of halogens is 2. The van der Waals surface area contributed by atoms with E-state index >= 15 is 0 Å². The molecule has 26 heavy (non-hydrogen) atoms. The van der Waals surface area contributed by atoms with Crippen LogP contribution in [0.3, 0.4) is 0 Å². The van der Waals surface area contributed by atoms with Crippen molar-refractivity contribution in [2.45, 2.75) is 13.0 Å². The van der Waals surface area contributed by atoms with Gasteiger partial charge in [-0.3, -0.25) is 0 Å². The van der Waals surface area contributed by atoms with E-state index in [-0.39, 0.29) is 5.91 Å². The van der Waals surface area contributed by atoms with Crippen molar-refractivity contribution < 1.29 is 30.4 Å². The molecule has 1 aliphatic rings. The predicted octanol–water partition coefficient (Wildman–Crippen LogP) is -0.612. The van der Waals surface area contributed by atoms with E-state index in [1.807, 2.05) is 9.83 Å². The molecule has 1 amide bonds. The van der Waals surface area contributed by atoms with Gasteiger partial charge in [-0.1, -0.05) is 0 Å². The number of hydrogen-bond acceptors (Lipinski definition) is 2. The Labute approximate surface area is 162 Å². The zero-order chi connectivity index (χ0) is 18.3. The molecule has 0 unspecified atom stereocenters. The van der Waals surface area contributed by atoms with Crippen LogP contribution in [0.5, 0.6) is 0 Å². The quantitative estimate of drug-likeness (QED) is 0.404. The number of amides is 1. The van der Waals surface area contributed by atoms with E-state index in [0.717, 1.165) is 34.3 Å². The Hall–Kier alpha value is -1.87. The van der Waals surface area contributed by atoms with Gasteiger partial charge < -0.3 is 0 Å². The molecule has 0 saturated carbocycles.